The molecule has 2 aromatic carbocycles. The van der Waals surface area contributed by atoms with Gasteiger partial charge in [-0.3, -0.25) is 14.6 Å². The van der Waals surface area contributed by atoms with Gasteiger partial charge in [-0.25, -0.2) is 4.79 Å². The SMILES string of the molecule is O=C(CN1CCc2ccccc2[C@@H]1c1ccccc1)N1CCNC1=O. The van der Waals surface area contributed by atoms with Gasteiger partial charge in [0, 0.05) is 19.6 Å². The summed E-state index contributed by atoms with van der Waals surface area (Å²) in [5.41, 5.74) is 3.76. The number of rotatable bonds is 3. The van der Waals surface area contributed by atoms with Gasteiger partial charge in [-0.2, -0.15) is 0 Å². The highest BCUT2D eigenvalue weighted by molar-refractivity contribution is 5.96. The van der Waals surface area contributed by atoms with Gasteiger partial charge in [0.2, 0.25) is 5.91 Å². The predicted molar refractivity (Wildman–Crippen MR) is 95.1 cm³/mol. The number of amides is 3. The van der Waals surface area contributed by atoms with Crippen molar-refractivity contribution in [3.8, 4) is 0 Å². The second kappa shape index (κ2) is 6.69. The molecule has 0 bridgehead atoms. The molecule has 0 aromatic heterocycles. The van der Waals surface area contributed by atoms with Gasteiger partial charge in [0.1, 0.15) is 0 Å². The molecule has 0 radical (unpaired) electrons. The highest BCUT2D eigenvalue weighted by Crippen LogP contribution is 2.34. The lowest BCUT2D eigenvalue weighted by Gasteiger charge is -2.37. The maximum absolute atomic E-state index is 12.6. The van der Waals surface area contributed by atoms with Crippen molar-refractivity contribution in [2.75, 3.05) is 26.2 Å². The molecule has 3 amide bonds. The first-order chi connectivity index (χ1) is 12.2. The maximum Gasteiger partial charge on any atom is 0.324 e. The largest absolute Gasteiger partial charge is 0.336 e. The first-order valence-electron chi connectivity index (χ1n) is 8.69. The molecule has 1 atom stereocenters. The fourth-order valence-corrected chi connectivity index (χ4v) is 3.78. The smallest absolute Gasteiger partial charge is 0.324 e. The molecule has 0 unspecified atom stereocenters. The summed E-state index contributed by atoms with van der Waals surface area (Å²) in [5.74, 6) is -0.129. The molecule has 5 nitrogen and oxygen atoms in total. The Morgan fingerprint density at radius 1 is 1.04 bits per heavy atom. The average molecular weight is 335 g/mol. The van der Waals surface area contributed by atoms with Crippen molar-refractivity contribution in [1.82, 2.24) is 15.1 Å². The number of fused-ring (bicyclic) bond motifs is 1. The molecule has 1 N–H and O–H groups in total. The third kappa shape index (κ3) is 3.03. The Morgan fingerprint density at radius 3 is 2.56 bits per heavy atom. The highest BCUT2D eigenvalue weighted by atomic mass is 16.2. The fourth-order valence-electron chi connectivity index (χ4n) is 3.78. The van der Waals surface area contributed by atoms with Crippen LogP contribution in [0.3, 0.4) is 0 Å². The zero-order valence-electron chi connectivity index (χ0n) is 14.0. The summed E-state index contributed by atoms with van der Waals surface area (Å²) in [6, 6.07) is 18.5. The molecule has 2 aromatic rings. The van der Waals surface area contributed by atoms with E-state index in [-0.39, 0.29) is 24.5 Å². The summed E-state index contributed by atoms with van der Waals surface area (Å²) < 4.78 is 0. The molecule has 2 heterocycles. The van der Waals surface area contributed by atoms with E-state index in [1.165, 1.54) is 21.6 Å². The van der Waals surface area contributed by atoms with E-state index in [2.05, 4.69) is 40.5 Å². The van der Waals surface area contributed by atoms with Crippen molar-refractivity contribution in [3.63, 3.8) is 0 Å². The Kier molecular flexibility index (Phi) is 4.24. The lowest BCUT2D eigenvalue weighted by molar-refractivity contribution is -0.129. The zero-order chi connectivity index (χ0) is 17.2. The van der Waals surface area contributed by atoms with Crippen LogP contribution in [0.4, 0.5) is 4.79 Å². The molecule has 1 fully saturated rings. The Hall–Kier alpha value is -2.66. The van der Waals surface area contributed by atoms with E-state index in [9.17, 15) is 9.59 Å². The number of carbonyl (C=O) groups excluding carboxylic acids is 2. The maximum atomic E-state index is 12.6. The summed E-state index contributed by atoms with van der Waals surface area (Å²) in [5, 5.41) is 2.69. The monoisotopic (exact) mass is 335 g/mol. The first kappa shape index (κ1) is 15.8. The van der Waals surface area contributed by atoms with Crippen LogP contribution in [0.1, 0.15) is 22.7 Å². The van der Waals surface area contributed by atoms with E-state index in [1.807, 2.05) is 24.3 Å². The molecule has 0 spiro atoms. The van der Waals surface area contributed by atoms with E-state index < -0.39 is 0 Å². The van der Waals surface area contributed by atoms with Gasteiger partial charge in [-0.15, -0.1) is 0 Å². The summed E-state index contributed by atoms with van der Waals surface area (Å²) in [6.45, 7) is 2.05. The summed E-state index contributed by atoms with van der Waals surface area (Å²) in [7, 11) is 0. The Bertz CT molecular complexity index is 791. The number of carbonyl (C=O) groups is 2. The summed E-state index contributed by atoms with van der Waals surface area (Å²) in [6.07, 6.45) is 0.916. The van der Waals surface area contributed by atoms with Gasteiger partial charge in [-0.1, -0.05) is 54.6 Å². The van der Waals surface area contributed by atoms with E-state index in [0.717, 1.165) is 13.0 Å². The molecule has 2 aliphatic rings. The van der Waals surface area contributed by atoms with Gasteiger partial charge in [0.15, 0.2) is 0 Å². The van der Waals surface area contributed by atoms with Crippen LogP contribution in [0.25, 0.3) is 0 Å². The van der Waals surface area contributed by atoms with E-state index in [0.29, 0.717) is 13.1 Å². The summed E-state index contributed by atoms with van der Waals surface area (Å²) in [4.78, 5) is 27.9. The van der Waals surface area contributed by atoms with Crippen molar-refractivity contribution in [2.45, 2.75) is 12.5 Å². The zero-order valence-corrected chi connectivity index (χ0v) is 14.0. The van der Waals surface area contributed by atoms with Crippen LogP contribution in [0.5, 0.6) is 0 Å². The van der Waals surface area contributed by atoms with Gasteiger partial charge in [-0.05, 0) is 23.1 Å². The molecule has 0 saturated carbocycles. The number of nitrogens with zero attached hydrogens (tertiary/aromatic N) is 2. The Labute approximate surface area is 147 Å². The third-order valence-electron chi connectivity index (χ3n) is 4.99. The van der Waals surface area contributed by atoms with E-state index in [1.54, 1.807) is 0 Å². The van der Waals surface area contributed by atoms with Crippen LogP contribution in [0.15, 0.2) is 54.6 Å². The molecule has 5 heteroatoms. The van der Waals surface area contributed by atoms with Crippen LogP contribution >= 0.6 is 0 Å². The second-order valence-electron chi connectivity index (χ2n) is 6.51. The molecule has 4 rings (SSSR count). The number of benzene rings is 2. The van der Waals surface area contributed by atoms with E-state index in [4.69, 9.17) is 0 Å². The molecular formula is C20H21N3O2. The van der Waals surface area contributed by atoms with Crippen LogP contribution in [-0.2, 0) is 11.2 Å². The number of imide groups is 1. The minimum atomic E-state index is -0.279. The van der Waals surface area contributed by atoms with Gasteiger partial charge in [0.05, 0.1) is 12.6 Å². The minimum absolute atomic E-state index is 0.0424. The van der Waals surface area contributed by atoms with E-state index >= 15 is 0 Å². The third-order valence-corrected chi connectivity index (χ3v) is 4.99. The number of nitrogens with one attached hydrogen (secondary N) is 1. The van der Waals surface area contributed by atoms with Crippen LogP contribution in [-0.4, -0.2) is 47.9 Å². The lowest BCUT2D eigenvalue weighted by atomic mass is 9.88. The predicted octanol–water partition coefficient (Wildman–Crippen LogP) is 2.19. The molecular weight excluding hydrogens is 314 g/mol. The Morgan fingerprint density at radius 2 is 1.80 bits per heavy atom. The van der Waals surface area contributed by atoms with Gasteiger partial charge < -0.3 is 5.32 Å². The van der Waals surface area contributed by atoms with Crippen molar-refractivity contribution in [1.29, 1.82) is 0 Å². The van der Waals surface area contributed by atoms with Crippen molar-refractivity contribution < 1.29 is 9.59 Å². The average Bonchev–Trinajstić information content (AvgIpc) is 3.08. The topological polar surface area (TPSA) is 52.7 Å². The second-order valence-corrected chi connectivity index (χ2v) is 6.51. The van der Waals surface area contributed by atoms with Crippen molar-refractivity contribution in [2.24, 2.45) is 0 Å². The molecule has 1 saturated heterocycles. The quantitative estimate of drug-likeness (QED) is 0.935. The Balaban J connectivity index is 1.64. The number of hydrogen-bond donors (Lipinski definition) is 1. The van der Waals surface area contributed by atoms with Crippen LogP contribution < -0.4 is 5.32 Å². The minimum Gasteiger partial charge on any atom is -0.336 e. The molecule has 0 aliphatic carbocycles. The molecule has 128 valence electrons. The van der Waals surface area contributed by atoms with Crippen molar-refractivity contribution in [3.05, 3.63) is 71.3 Å². The van der Waals surface area contributed by atoms with Crippen LogP contribution in [0.2, 0.25) is 0 Å². The molecule has 2 aliphatic heterocycles. The first-order valence-corrected chi connectivity index (χ1v) is 8.69. The summed E-state index contributed by atoms with van der Waals surface area (Å²) >= 11 is 0. The fraction of sp³-hybridized carbons (Fsp3) is 0.300. The lowest BCUT2D eigenvalue weighted by Crippen LogP contribution is -2.45. The standard InChI is InChI=1S/C20H21N3O2/c24-18(23-13-11-21-20(23)25)14-22-12-10-15-6-4-5-9-17(15)19(22)16-7-2-1-3-8-16/h1-9,19H,10-14H2,(H,21,25)/t19-/m0/s1. The number of urea groups is 1. The van der Waals surface area contributed by atoms with Crippen molar-refractivity contribution >= 4 is 11.9 Å². The number of hydrogen-bond acceptors (Lipinski definition) is 3. The van der Waals surface area contributed by atoms with Gasteiger partial charge >= 0.3 is 6.03 Å². The van der Waals surface area contributed by atoms with Gasteiger partial charge in [0.25, 0.3) is 0 Å². The normalized spacial score (nSPS) is 20.2. The highest BCUT2D eigenvalue weighted by Gasteiger charge is 2.33. The van der Waals surface area contributed by atoms with Crippen LogP contribution in [0, 0.1) is 0 Å². The molecule has 25 heavy (non-hydrogen) atoms.